The van der Waals surface area contributed by atoms with Crippen LogP contribution in [0, 0.1) is 0 Å². The van der Waals surface area contributed by atoms with Gasteiger partial charge in [-0.15, -0.1) is 0 Å². The largest absolute Gasteiger partial charge is 0.374 e. The first-order chi connectivity index (χ1) is 22.9. The van der Waals surface area contributed by atoms with E-state index in [9.17, 15) is 19.2 Å². The lowest BCUT2D eigenvalue weighted by molar-refractivity contribution is 0.0942. The molecule has 0 bridgehead atoms. The number of aromatic nitrogens is 4. The number of hydrogen-bond acceptors (Lipinski definition) is 9. The summed E-state index contributed by atoms with van der Waals surface area (Å²) in [5, 5.41) is 15.2. The minimum absolute atomic E-state index is 0.0722. The minimum Gasteiger partial charge on any atom is -0.374 e. The van der Waals surface area contributed by atoms with Gasteiger partial charge in [-0.3, -0.25) is 19.2 Å². The molecule has 0 fully saturated rings. The van der Waals surface area contributed by atoms with Crippen LogP contribution in [-0.4, -0.2) is 86.9 Å². The molecule has 4 aromatic heterocycles. The Morgan fingerprint density at radius 1 is 0.771 bits per heavy atom. The molecule has 48 heavy (non-hydrogen) atoms. The molecule has 0 aliphatic heterocycles. The van der Waals surface area contributed by atoms with Crippen LogP contribution in [0.1, 0.15) is 61.2 Å². The highest BCUT2D eigenvalue weighted by Gasteiger charge is 2.22. The quantitative estimate of drug-likeness (QED) is 0.0961. The first kappa shape index (κ1) is 36.2. The minimum atomic E-state index is -0.513. The molecule has 0 saturated carbocycles. The van der Waals surface area contributed by atoms with Crippen molar-refractivity contribution < 1.29 is 19.2 Å². The number of amides is 4. The third-order valence-electron chi connectivity index (χ3n) is 7.32. The van der Waals surface area contributed by atoms with Crippen molar-refractivity contribution in [3.8, 4) is 0 Å². The van der Waals surface area contributed by atoms with E-state index in [4.69, 9.17) is 17.3 Å². The summed E-state index contributed by atoms with van der Waals surface area (Å²) in [5.41, 5.74) is 7.80. The molecule has 258 valence electrons. The zero-order valence-electron chi connectivity index (χ0n) is 27.6. The average molecular weight is 700 g/mol. The van der Waals surface area contributed by atoms with Crippen molar-refractivity contribution in [3.05, 3.63) is 64.6 Å². The van der Waals surface area contributed by atoms with Gasteiger partial charge in [0.2, 0.25) is 0 Å². The maximum atomic E-state index is 13.2. The molecule has 0 aromatic carbocycles. The Balaban J connectivity index is 1.34. The first-order valence-electron chi connectivity index (χ1n) is 15.3. The van der Waals surface area contributed by atoms with Crippen molar-refractivity contribution in [2.24, 2.45) is 26.9 Å². The van der Waals surface area contributed by atoms with Crippen LogP contribution >= 0.6 is 23.1 Å². The number of aryl methyl sites for hydroxylation is 3. The molecule has 4 aromatic rings. The van der Waals surface area contributed by atoms with Gasteiger partial charge in [0.1, 0.15) is 27.1 Å². The fraction of sp³-hybridized carbons (Fsp3) is 0.387. The van der Waals surface area contributed by atoms with Gasteiger partial charge in [-0.05, 0) is 76.2 Å². The van der Waals surface area contributed by atoms with E-state index < -0.39 is 17.7 Å². The number of unbranched alkanes of at least 4 members (excludes halogenated alkanes) is 1. The van der Waals surface area contributed by atoms with Gasteiger partial charge in [-0.1, -0.05) is 11.6 Å². The van der Waals surface area contributed by atoms with E-state index in [1.807, 2.05) is 14.1 Å². The van der Waals surface area contributed by atoms with Crippen molar-refractivity contribution in [2.45, 2.75) is 19.3 Å². The molecule has 15 nitrogen and oxygen atoms in total. The Labute approximate surface area is 287 Å². The van der Waals surface area contributed by atoms with Crippen LogP contribution in [0.25, 0.3) is 0 Å². The summed E-state index contributed by atoms with van der Waals surface area (Å²) >= 11 is 7.43. The Morgan fingerprint density at radius 3 is 1.77 bits per heavy atom. The van der Waals surface area contributed by atoms with Gasteiger partial charge in [0.15, 0.2) is 5.69 Å². The lowest BCUT2D eigenvalue weighted by Gasteiger charge is -2.09. The number of rotatable bonds is 16. The fourth-order valence-electron chi connectivity index (χ4n) is 4.84. The summed E-state index contributed by atoms with van der Waals surface area (Å²) in [6.07, 6.45) is 7.46. The normalized spacial score (nSPS) is 11.1. The number of carbonyl (C=O) groups is 4. The Hall–Kier alpha value is -4.64. The van der Waals surface area contributed by atoms with Crippen molar-refractivity contribution >= 4 is 68.8 Å². The second-order valence-electron chi connectivity index (χ2n) is 11.5. The summed E-state index contributed by atoms with van der Waals surface area (Å²) in [5.74, 6) is -1.60. The maximum absolute atomic E-state index is 13.2. The van der Waals surface area contributed by atoms with Gasteiger partial charge in [-0.2, -0.15) is 4.37 Å². The van der Waals surface area contributed by atoms with Gasteiger partial charge in [-0.25, -0.2) is 0 Å². The molecule has 0 aliphatic carbocycles. The maximum Gasteiger partial charge on any atom is 0.277 e. The second-order valence-corrected chi connectivity index (χ2v) is 12.7. The van der Waals surface area contributed by atoms with Crippen molar-refractivity contribution in [1.29, 1.82) is 0 Å². The lowest BCUT2D eigenvalue weighted by atomic mass is 10.3. The summed E-state index contributed by atoms with van der Waals surface area (Å²) in [7, 11) is 9.11. The number of carbonyl (C=O) groups excluding carboxylic acids is 4. The van der Waals surface area contributed by atoms with E-state index in [-0.39, 0.29) is 28.0 Å². The van der Waals surface area contributed by atoms with Crippen LogP contribution in [0.3, 0.4) is 0 Å². The smallest absolute Gasteiger partial charge is 0.277 e. The van der Waals surface area contributed by atoms with Gasteiger partial charge >= 0.3 is 0 Å². The van der Waals surface area contributed by atoms with Crippen molar-refractivity contribution in [1.82, 2.24) is 28.3 Å². The molecule has 0 saturated heterocycles. The van der Waals surface area contributed by atoms with Crippen LogP contribution < -0.4 is 32.3 Å². The zero-order chi connectivity index (χ0) is 35.0. The fourth-order valence-corrected chi connectivity index (χ4v) is 5.88. The van der Waals surface area contributed by atoms with Gasteiger partial charge in [0, 0.05) is 52.8 Å². The number of hydrogen-bond donors (Lipinski definition) is 6. The number of anilines is 4. The van der Waals surface area contributed by atoms with Gasteiger partial charge in [0.05, 0.1) is 17.1 Å². The van der Waals surface area contributed by atoms with E-state index in [1.165, 1.54) is 6.07 Å². The molecule has 0 atom stereocenters. The molecule has 0 unspecified atom stereocenters. The standard InChI is InChI=1S/C31H42ClN11O4S/c1-40(2)12-7-6-10-34-27(44)22-13-19(16-41(22)3)36-28(45)23-14-20(17-42(23)4)37-29(46)24-15-21(18-43(24)5)38-30(47)26-25(32)31(48-39-26)35-11-8-9-33/h13-18,35H,6-12,33H2,1-5H3,(H,34,44)(H,36,45)(H,37,46)(H,38,47). The summed E-state index contributed by atoms with van der Waals surface area (Å²) in [6, 6.07) is 4.69. The van der Waals surface area contributed by atoms with Crippen LogP contribution in [0.4, 0.5) is 22.1 Å². The zero-order valence-corrected chi connectivity index (χ0v) is 29.2. The van der Waals surface area contributed by atoms with Crippen molar-refractivity contribution in [2.75, 3.05) is 61.5 Å². The molecular formula is C31H42ClN11O4S. The average Bonchev–Trinajstić information content (AvgIpc) is 3.78. The monoisotopic (exact) mass is 699 g/mol. The molecule has 0 aliphatic rings. The predicted octanol–water partition coefficient (Wildman–Crippen LogP) is 3.40. The summed E-state index contributed by atoms with van der Waals surface area (Å²) in [6.45, 7) is 2.65. The molecule has 4 heterocycles. The van der Waals surface area contributed by atoms with Gasteiger partial charge in [0.25, 0.3) is 23.6 Å². The summed E-state index contributed by atoms with van der Waals surface area (Å²) in [4.78, 5) is 53.9. The third-order valence-corrected chi connectivity index (χ3v) is 8.61. The summed E-state index contributed by atoms with van der Waals surface area (Å²) < 4.78 is 8.97. The van der Waals surface area contributed by atoms with Crippen LogP contribution in [-0.2, 0) is 21.1 Å². The molecule has 4 amide bonds. The van der Waals surface area contributed by atoms with E-state index in [2.05, 4.69) is 35.9 Å². The Bertz CT molecular complexity index is 1770. The highest BCUT2D eigenvalue weighted by molar-refractivity contribution is 7.11. The molecule has 17 heteroatoms. The second kappa shape index (κ2) is 16.5. The predicted molar refractivity (Wildman–Crippen MR) is 190 cm³/mol. The van der Waals surface area contributed by atoms with Crippen LogP contribution in [0.15, 0.2) is 36.8 Å². The highest BCUT2D eigenvalue weighted by atomic mass is 35.5. The first-order valence-corrected chi connectivity index (χ1v) is 16.5. The Morgan fingerprint density at radius 2 is 1.27 bits per heavy atom. The molecule has 7 N–H and O–H groups in total. The number of halogens is 1. The van der Waals surface area contributed by atoms with E-state index in [1.54, 1.807) is 65.6 Å². The van der Waals surface area contributed by atoms with Crippen LogP contribution in [0.2, 0.25) is 5.02 Å². The number of nitrogens with two attached hydrogens (primary N) is 1. The molecule has 4 rings (SSSR count). The van der Waals surface area contributed by atoms with Crippen LogP contribution in [0.5, 0.6) is 0 Å². The molecule has 0 radical (unpaired) electrons. The topological polar surface area (TPSA) is 185 Å². The number of nitrogens with zero attached hydrogens (tertiary/aromatic N) is 5. The third kappa shape index (κ3) is 9.25. The Kier molecular flexibility index (Phi) is 12.4. The van der Waals surface area contributed by atoms with Gasteiger partial charge < -0.3 is 50.9 Å². The number of nitrogens with one attached hydrogen (secondary N) is 5. The van der Waals surface area contributed by atoms with E-state index >= 15 is 0 Å². The molecule has 0 spiro atoms. The molecular weight excluding hydrogens is 658 g/mol. The lowest BCUT2D eigenvalue weighted by Crippen LogP contribution is -2.26. The highest BCUT2D eigenvalue weighted by Crippen LogP contribution is 2.31. The van der Waals surface area contributed by atoms with E-state index in [0.29, 0.717) is 47.4 Å². The van der Waals surface area contributed by atoms with Crippen molar-refractivity contribution in [3.63, 3.8) is 0 Å². The van der Waals surface area contributed by atoms with E-state index in [0.717, 1.165) is 37.3 Å². The SMILES string of the molecule is CN(C)CCCCNC(=O)c1cc(NC(=O)c2cc(NC(=O)c3cc(NC(=O)c4nsc(NCCCN)c4Cl)cn3C)cn2C)cn1C.